The summed E-state index contributed by atoms with van der Waals surface area (Å²) < 4.78 is 28.4. The average Bonchev–Trinajstić information content (AvgIpc) is 2.58. The van der Waals surface area contributed by atoms with E-state index in [1.165, 1.54) is 13.2 Å². The Labute approximate surface area is 144 Å². The Hall–Kier alpha value is -2.94. The van der Waals surface area contributed by atoms with Crippen LogP contribution < -0.4 is 10.1 Å². The van der Waals surface area contributed by atoms with Gasteiger partial charge in [-0.25, -0.2) is 8.42 Å². The molecule has 0 aliphatic rings. The van der Waals surface area contributed by atoms with E-state index in [1.807, 2.05) is 0 Å². The molecule has 0 saturated heterocycles. The fraction of sp³-hybridized carbons (Fsp3) is 0.188. The standard InChI is InChI=1S/C16H16N2O6S/c1-24-14-6-4-3-5-12(14)10-17-16(19)11-7-8-15(25(2,22)23)13(9-11)18(20)21/h3-9H,10H2,1-2H3,(H,17,19). The number of benzene rings is 2. The SMILES string of the molecule is COc1ccccc1CNC(=O)c1ccc(S(C)(=O)=O)c([N+](=O)[O-])c1. The molecule has 0 unspecified atom stereocenters. The Bertz CT molecular complexity index is 924. The third-order valence-electron chi connectivity index (χ3n) is 3.45. The number of rotatable bonds is 6. The summed E-state index contributed by atoms with van der Waals surface area (Å²) >= 11 is 0. The van der Waals surface area contributed by atoms with Crippen LogP contribution in [0.25, 0.3) is 0 Å². The Balaban J connectivity index is 2.25. The van der Waals surface area contributed by atoms with Gasteiger partial charge in [-0.2, -0.15) is 0 Å². The van der Waals surface area contributed by atoms with Crippen LogP contribution in [0, 0.1) is 10.1 Å². The first kappa shape index (κ1) is 18.4. The van der Waals surface area contributed by atoms with E-state index in [9.17, 15) is 23.3 Å². The minimum atomic E-state index is -3.78. The molecule has 9 heteroatoms. The molecule has 2 aromatic rings. The third-order valence-corrected chi connectivity index (χ3v) is 4.59. The van der Waals surface area contributed by atoms with Gasteiger partial charge in [-0.05, 0) is 18.2 Å². The number of para-hydroxylation sites is 1. The summed E-state index contributed by atoms with van der Waals surface area (Å²) in [6, 6.07) is 10.3. The molecule has 0 radical (unpaired) electrons. The number of ether oxygens (including phenoxy) is 1. The number of nitrogens with one attached hydrogen (secondary N) is 1. The van der Waals surface area contributed by atoms with Crippen LogP contribution >= 0.6 is 0 Å². The lowest BCUT2D eigenvalue weighted by Crippen LogP contribution is -2.23. The summed E-state index contributed by atoms with van der Waals surface area (Å²) in [7, 11) is -2.27. The number of carbonyl (C=O) groups excluding carboxylic acids is 1. The van der Waals surface area contributed by atoms with Crippen LogP contribution in [0.2, 0.25) is 0 Å². The maximum absolute atomic E-state index is 12.2. The smallest absolute Gasteiger partial charge is 0.288 e. The van der Waals surface area contributed by atoms with Crippen molar-refractivity contribution < 1.29 is 22.9 Å². The minimum absolute atomic E-state index is 0.00556. The Morgan fingerprint density at radius 3 is 2.52 bits per heavy atom. The second-order valence-electron chi connectivity index (χ2n) is 5.21. The number of carbonyl (C=O) groups is 1. The highest BCUT2D eigenvalue weighted by molar-refractivity contribution is 7.90. The molecule has 0 aliphatic heterocycles. The van der Waals surface area contributed by atoms with Crippen LogP contribution in [0.5, 0.6) is 5.75 Å². The van der Waals surface area contributed by atoms with Crippen molar-refractivity contribution in [2.45, 2.75) is 11.4 Å². The number of amides is 1. The van der Waals surface area contributed by atoms with Crippen molar-refractivity contribution in [2.75, 3.05) is 13.4 Å². The van der Waals surface area contributed by atoms with Gasteiger partial charge in [-0.1, -0.05) is 18.2 Å². The lowest BCUT2D eigenvalue weighted by Gasteiger charge is -2.10. The van der Waals surface area contributed by atoms with Crippen molar-refractivity contribution in [1.29, 1.82) is 0 Å². The molecule has 0 aromatic heterocycles. The molecule has 8 nitrogen and oxygen atoms in total. The molecule has 2 rings (SSSR count). The fourth-order valence-electron chi connectivity index (χ4n) is 2.24. The molecule has 0 saturated carbocycles. The summed E-state index contributed by atoms with van der Waals surface area (Å²) in [5, 5.41) is 13.7. The van der Waals surface area contributed by atoms with Crippen LogP contribution in [-0.4, -0.2) is 32.6 Å². The van der Waals surface area contributed by atoms with Crippen LogP contribution in [0.3, 0.4) is 0 Å². The number of methoxy groups -OCH3 is 1. The van der Waals surface area contributed by atoms with Gasteiger partial charge in [0.15, 0.2) is 9.84 Å². The first-order chi connectivity index (χ1) is 11.7. The van der Waals surface area contributed by atoms with Gasteiger partial charge in [-0.15, -0.1) is 0 Å². The Morgan fingerprint density at radius 1 is 1.24 bits per heavy atom. The zero-order valence-corrected chi connectivity index (χ0v) is 14.4. The molecule has 0 atom stereocenters. The number of hydrogen-bond donors (Lipinski definition) is 1. The first-order valence-corrected chi connectivity index (χ1v) is 9.01. The molecule has 1 N–H and O–H groups in total. The minimum Gasteiger partial charge on any atom is -0.496 e. The van der Waals surface area contributed by atoms with E-state index >= 15 is 0 Å². The molecule has 0 bridgehead atoms. The molecule has 2 aromatic carbocycles. The number of nitro benzene ring substituents is 1. The van der Waals surface area contributed by atoms with Crippen LogP contribution in [0.15, 0.2) is 47.4 Å². The van der Waals surface area contributed by atoms with Gasteiger partial charge in [0.05, 0.1) is 12.0 Å². The molecule has 132 valence electrons. The van der Waals surface area contributed by atoms with Crippen LogP contribution in [0.1, 0.15) is 15.9 Å². The van der Waals surface area contributed by atoms with E-state index in [0.717, 1.165) is 24.0 Å². The highest BCUT2D eigenvalue weighted by Crippen LogP contribution is 2.25. The molecular weight excluding hydrogens is 348 g/mol. The number of hydrogen-bond acceptors (Lipinski definition) is 6. The summed E-state index contributed by atoms with van der Waals surface area (Å²) in [4.78, 5) is 22.1. The zero-order valence-electron chi connectivity index (χ0n) is 13.6. The highest BCUT2D eigenvalue weighted by atomic mass is 32.2. The molecule has 0 aliphatic carbocycles. The second kappa shape index (κ2) is 7.31. The van der Waals surface area contributed by atoms with E-state index in [0.29, 0.717) is 5.75 Å². The van der Waals surface area contributed by atoms with E-state index in [-0.39, 0.29) is 12.1 Å². The molecular formula is C16H16N2O6S. The number of nitrogens with zero attached hydrogens (tertiary/aromatic N) is 1. The third kappa shape index (κ3) is 4.32. The van der Waals surface area contributed by atoms with Crippen molar-refractivity contribution in [3.05, 3.63) is 63.7 Å². The summed E-state index contributed by atoms with van der Waals surface area (Å²) in [6.45, 7) is 0.157. The van der Waals surface area contributed by atoms with Crippen molar-refractivity contribution in [3.8, 4) is 5.75 Å². The largest absolute Gasteiger partial charge is 0.496 e. The second-order valence-corrected chi connectivity index (χ2v) is 7.19. The normalized spacial score (nSPS) is 11.0. The van der Waals surface area contributed by atoms with Crippen molar-refractivity contribution >= 4 is 21.4 Å². The van der Waals surface area contributed by atoms with E-state index in [2.05, 4.69) is 5.32 Å². The molecule has 0 spiro atoms. The van der Waals surface area contributed by atoms with Gasteiger partial charge in [-0.3, -0.25) is 14.9 Å². The molecule has 0 heterocycles. The van der Waals surface area contributed by atoms with Gasteiger partial charge < -0.3 is 10.1 Å². The summed E-state index contributed by atoms with van der Waals surface area (Å²) in [6.07, 6.45) is 0.872. The van der Waals surface area contributed by atoms with Crippen LogP contribution in [-0.2, 0) is 16.4 Å². The van der Waals surface area contributed by atoms with E-state index in [1.54, 1.807) is 24.3 Å². The topological polar surface area (TPSA) is 116 Å². The fourth-order valence-corrected chi connectivity index (χ4v) is 3.07. The van der Waals surface area contributed by atoms with E-state index in [4.69, 9.17) is 4.74 Å². The van der Waals surface area contributed by atoms with Gasteiger partial charge in [0.1, 0.15) is 10.6 Å². The zero-order chi connectivity index (χ0) is 18.6. The first-order valence-electron chi connectivity index (χ1n) is 7.12. The van der Waals surface area contributed by atoms with Crippen molar-refractivity contribution in [1.82, 2.24) is 5.32 Å². The lowest BCUT2D eigenvalue weighted by molar-refractivity contribution is -0.387. The monoisotopic (exact) mass is 364 g/mol. The molecule has 1 amide bonds. The lowest BCUT2D eigenvalue weighted by atomic mass is 10.1. The van der Waals surface area contributed by atoms with Gasteiger partial charge >= 0.3 is 0 Å². The predicted molar refractivity (Wildman–Crippen MR) is 90.4 cm³/mol. The van der Waals surface area contributed by atoms with Crippen molar-refractivity contribution in [3.63, 3.8) is 0 Å². The summed E-state index contributed by atoms with van der Waals surface area (Å²) in [5.41, 5.74) is 0.0991. The average molecular weight is 364 g/mol. The number of sulfone groups is 1. The highest BCUT2D eigenvalue weighted by Gasteiger charge is 2.24. The predicted octanol–water partition coefficient (Wildman–Crippen LogP) is 1.94. The quantitative estimate of drug-likeness (QED) is 0.618. The Morgan fingerprint density at radius 2 is 1.92 bits per heavy atom. The maximum Gasteiger partial charge on any atom is 0.288 e. The van der Waals surface area contributed by atoms with Gasteiger partial charge in [0, 0.05) is 30.0 Å². The molecule has 25 heavy (non-hydrogen) atoms. The maximum atomic E-state index is 12.2. The Kier molecular flexibility index (Phi) is 5.38. The van der Waals surface area contributed by atoms with Gasteiger partial charge in [0.25, 0.3) is 11.6 Å². The van der Waals surface area contributed by atoms with Crippen LogP contribution in [0.4, 0.5) is 5.69 Å². The van der Waals surface area contributed by atoms with Crippen molar-refractivity contribution in [2.24, 2.45) is 0 Å². The summed E-state index contributed by atoms with van der Waals surface area (Å²) in [5.74, 6) is 0.0373. The van der Waals surface area contributed by atoms with E-state index < -0.39 is 31.3 Å². The molecule has 0 fully saturated rings. The number of nitro groups is 1. The van der Waals surface area contributed by atoms with Gasteiger partial charge in [0.2, 0.25) is 0 Å².